The molecule has 1 fully saturated rings. The van der Waals surface area contributed by atoms with Gasteiger partial charge in [0.15, 0.2) is 0 Å². The van der Waals surface area contributed by atoms with E-state index in [1.807, 2.05) is 0 Å². The molecule has 2 rings (SSSR count). The number of hydrogen-bond acceptors (Lipinski definition) is 2. The number of carboxylic acid groups (broad SMARTS) is 1. The van der Waals surface area contributed by atoms with E-state index in [1.165, 1.54) is 12.1 Å². The van der Waals surface area contributed by atoms with E-state index in [-0.39, 0.29) is 24.1 Å². The largest absolute Gasteiger partial charge is 0.478 e. The third kappa shape index (κ3) is 2.02. The molecule has 1 saturated carbocycles. The molecular formula is C12H12F3NO2. The second-order valence-electron chi connectivity index (χ2n) is 4.51. The highest BCUT2D eigenvalue weighted by atomic mass is 19.4. The van der Waals surface area contributed by atoms with Gasteiger partial charge in [-0.1, -0.05) is 12.1 Å². The summed E-state index contributed by atoms with van der Waals surface area (Å²) in [6, 6.07) is 4.39. The van der Waals surface area contributed by atoms with Gasteiger partial charge in [-0.2, -0.15) is 13.2 Å². The minimum absolute atomic E-state index is 0.0239. The Balaban J connectivity index is 2.38. The summed E-state index contributed by atoms with van der Waals surface area (Å²) < 4.78 is 38.5. The third-order valence-corrected chi connectivity index (χ3v) is 3.16. The Morgan fingerprint density at radius 1 is 1.39 bits per heavy atom. The summed E-state index contributed by atoms with van der Waals surface area (Å²) in [5.74, 6) is -1.24. The predicted molar refractivity (Wildman–Crippen MR) is 59.8 cm³/mol. The highest BCUT2D eigenvalue weighted by Crippen LogP contribution is 2.51. The summed E-state index contributed by atoms with van der Waals surface area (Å²) >= 11 is 0. The third-order valence-electron chi connectivity index (χ3n) is 3.16. The molecule has 0 bridgehead atoms. The quantitative estimate of drug-likeness (QED) is 0.876. The summed E-state index contributed by atoms with van der Waals surface area (Å²) in [6.07, 6.45) is -4.42. The molecule has 98 valence electrons. The van der Waals surface area contributed by atoms with Crippen molar-refractivity contribution in [2.24, 2.45) is 0 Å². The number of alkyl halides is 3. The summed E-state index contributed by atoms with van der Waals surface area (Å²) in [4.78, 5) is 11.0. The van der Waals surface area contributed by atoms with Gasteiger partial charge in [0, 0.05) is 0 Å². The van der Waals surface area contributed by atoms with Gasteiger partial charge in [0.1, 0.15) is 5.54 Å². The number of halogens is 3. The van der Waals surface area contributed by atoms with E-state index >= 15 is 0 Å². The maximum Gasteiger partial charge on any atom is 0.411 e. The highest BCUT2D eigenvalue weighted by molar-refractivity contribution is 5.95. The molecule has 1 aliphatic carbocycles. The van der Waals surface area contributed by atoms with Crippen LogP contribution >= 0.6 is 0 Å². The smallest absolute Gasteiger partial charge is 0.411 e. The first-order chi connectivity index (χ1) is 8.27. The lowest BCUT2D eigenvalue weighted by atomic mass is 10.1. The first-order valence-corrected chi connectivity index (χ1v) is 5.45. The number of aryl methyl sites for hydroxylation is 1. The fourth-order valence-electron chi connectivity index (χ4n) is 1.86. The average molecular weight is 259 g/mol. The molecule has 0 atom stereocenters. The summed E-state index contributed by atoms with van der Waals surface area (Å²) in [6.45, 7) is 1.58. The van der Waals surface area contributed by atoms with Crippen LogP contribution in [0.3, 0.4) is 0 Å². The molecule has 1 aromatic carbocycles. The van der Waals surface area contributed by atoms with Crippen molar-refractivity contribution in [3.8, 4) is 0 Å². The Hall–Kier alpha value is -1.72. The Morgan fingerprint density at radius 3 is 2.44 bits per heavy atom. The standard InChI is InChI=1S/C12H12F3NO2/c1-7-3-2-4-8(10(17)18)9(7)16-11(5-6-11)12(13,14)15/h2-4,16H,5-6H2,1H3,(H,17,18). The van der Waals surface area contributed by atoms with Crippen LogP contribution in [-0.4, -0.2) is 22.8 Å². The molecular weight excluding hydrogens is 247 g/mol. The molecule has 0 heterocycles. The second-order valence-corrected chi connectivity index (χ2v) is 4.51. The maximum absolute atomic E-state index is 12.8. The Labute approximate surface area is 102 Å². The van der Waals surface area contributed by atoms with Crippen molar-refractivity contribution in [3.05, 3.63) is 29.3 Å². The molecule has 1 aliphatic rings. The molecule has 0 aliphatic heterocycles. The Bertz CT molecular complexity index is 493. The van der Waals surface area contributed by atoms with Crippen molar-refractivity contribution >= 4 is 11.7 Å². The molecule has 6 heteroatoms. The van der Waals surface area contributed by atoms with Crippen LogP contribution in [0.15, 0.2) is 18.2 Å². The minimum Gasteiger partial charge on any atom is -0.478 e. The normalized spacial score (nSPS) is 17.3. The highest BCUT2D eigenvalue weighted by Gasteiger charge is 2.63. The molecule has 0 saturated heterocycles. The number of para-hydroxylation sites is 1. The van der Waals surface area contributed by atoms with Gasteiger partial charge in [0.05, 0.1) is 11.3 Å². The SMILES string of the molecule is Cc1cccc(C(=O)O)c1NC1(C(F)(F)F)CC1. The lowest BCUT2D eigenvalue weighted by Gasteiger charge is -2.24. The Kier molecular flexibility index (Phi) is 2.76. The van der Waals surface area contributed by atoms with Crippen molar-refractivity contribution in [3.63, 3.8) is 0 Å². The summed E-state index contributed by atoms with van der Waals surface area (Å²) in [5.41, 5.74) is -1.54. The van der Waals surface area contributed by atoms with Crippen LogP contribution in [0, 0.1) is 6.92 Å². The van der Waals surface area contributed by atoms with Gasteiger partial charge in [-0.25, -0.2) is 4.79 Å². The van der Waals surface area contributed by atoms with E-state index in [9.17, 15) is 18.0 Å². The predicted octanol–water partition coefficient (Wildman–Crippen LogP) is 3.20. The van der Waals surface area contributed by atoms with Gasteiger partial charge >= 0.3 is 12.1 Å². The van der Waals surface area contributed by atoms with Crippen LogP contribution in [0.1, 0.15) is 28.8 Å². The fourth-order valence-corrected chi connectivity index (χ4v) is 1.86. The van der Waals surface area contributed by atoms with Crippen LogP contribution in [0.4, 0.5) is 18.9 Å². The number of anilines is 1. The van der Waals surface area contributed by atoms with E-state index in [0.29, 0.717) is 5.56 Å². The van der Waals surface area contributed by atoms with Gasteiger partial charge < -0.3 is 10.4 Å². The first kappa shape index (κ1) is 12.7. The van der Waals surface area contributed by atoms with Crippen molar-refractivity contribution in [2.75, 3.05) is 5.32 Å². The molecule has 2 N–H and O–H groups in total. The first-order valence-electron chi connectivity index (χ1n) is 5.45. The zero-order valence-corrected chi connectivity index (χ0v) is 9.64. The molecule has 0 spiro atoms. The minimum atomic E-state index is -4.37. The second kappa shape index (κ2) is 3.90. The molecule has 1 aromatic rings. The number of benzene rings is 1. The van der Waals surface area contributed by atoms with Crippen LogP contribution in [0.5, 0.6) is 0 Å². The molecule has 0 radical (unpaired) electrons. The zero-order chi connectivity index (χ0) is 13.6. The maximum atomic E-state index is 12.8. The number of aromatic carboxylic acids is 1. The summed E-state index contributed by atoms with van der Waals surface area (Å²) in [5, 5.41) is 11.4. The van der Waals surface area contributed by atoms with Crippen molar-refractivity contribution < 1.29 is 23.1 Å². The Morgan fingerprint density at radius 2 is 2.00 bits per heavy atom. The van der Waals surface area contributed by atoms with E-state index in [0.717, 1.165) is 0 Å². The van der Waals surface area contributed by atoms with Gasteiger partial charge in [0.2, 0.25) is 0 Å². The van der Waals surface area contributed by atoms with E-state index < -0.39 is 17.7 Å². The van der Waals surface area contributed by atoms with Crippen molar-refractivity contribution in [2.45, 2.75) is 31.5 Å². The van der Waals surface area contributed by atoms with Crippen molar-refractivity contribution in [1.29, 1.82) is 0 Å². The van der Waals surface area contributed by atoms with Crippen LogP contribution in [-0.2, 0) is 0 Å². The van der Waals surface area contributed by atoms with Crippen molar-refractivity contribution in [1.82, 2.24) is 0 Å². The van der Waals surface area contributed by atoms with Gasteiger partial charge in [-0.15, -0.1) is 0 Å². The molecule has 3 nitrogen and oxygen atoms in total. The van der Waals surface area contributed by atoms with Crippen LogP contribution in [0.25, 0.3) is 0 Å². The van der Waals surface area contributed by atoms with Crippen LogP contribution < -0.4 is 5.32 Å². The van der Waals surface area contributed by atoms with Gasteiger partial charge in [-0.05, 0) is 31.4 Å². The molecule has 0 aromatic heterocycles. The number of carboxylic acids is 1. The monoisotopic (exact) mass is 259 g/mol. The lowest BCUT2D eigenvalue weighted by Crippen LogP contribution is -2.39. The van der Waals surface area contributed by atoms with E-state index in [1.54, 1.807) is 13.0 Å². The number of hydrogen-bond donors (Lipinski definition) is 2. The topological polar surface area (TPSA) is 49.3 Å². The average Bonchev–Trinajstić information content (AvgIpc) is 3.00. The van der Waals surface area contributed by atoms with E-state index in [4.69, 9.17) is 5.11 Å². The van der Waals surface area contributed by atoms with E-state index in [2.05, 4.69) is 5.32 Å². The molecule has 0 amide bonds. The number of nitrogens with one attached hydrogen (secondary N) is 1. The van der Waals surface area contributed by atoms with Crippen LogP contribution in [0.2, 0.25) is 0 Å². The van der Waals surface area contributed by atoms with Gasteiger partial charge in [0.25, 0.3) is 0 Å². The fraction of sp³-hybridized carbons (Fsp3) is 0.417. The molecule has 18 heavy (non-hydrogen) atoms. The number of rotatable bonds is 3. The van der Waals surface area contributed by atoms with Gasteiger partial charge in [-0.3, -0.25) is 0 Å². The lowest BCUT2D eigenvalue weighted by molar-refractivity contribution is -0.151. The molecule has 0 unspecified atom stereocenters. The number of carbonyl (C=O) groups is 1. The summed E-state index contributed by atoms with van der Waals surface area (Å²) in [7, 11) is 0. The zero-order valence-electron chi connectivity index (χ0n) is 9.64.